The Morgan fingerprint density at radius 3 is 2.40 bits per heavy atom. The Labute approximate surface area is 118 Å². The van der Waals surface area contributed by atoms with Crippen molar-refractivity contribution in [2.24, 2.45) is 5.73 Å². The van der Waals surface area contributed by atoms with Crippen molar-refractivity contribution in [2.45, 2.75) is 19.9 Å². The minimum Gasteiger partial charge on any atom is -0.399 e. The van der Waals surface area contributed by atoms with Crippen molar-refractivity contribution in [3.63, 3.8) is 0 Å². The third kappa shape index (κ3) is 3.09. The highest BCUT2D eigenvalue weighted by molar-refractivity contribution is 5.98. The van der Waals surface area contributed by atoms with E-state index in [9.17, 15) is 4.79 Å². The normalized spacial score (nSPS) is 11.9. The number of hydrogen-bond donors (Lipinski definition) is 3. The molecule has 4 heteroatoms. The summed E-state index contributed by atoms with van der Waals surface area (Å²) in [7, 11) is 0. The minimum atomic E-state index is -0.433. The van der Waals surface area contributed by atoms with E-state index in [0.717, 1.165) is 22.5 Å². The highest BCUT2D eigenvalue weighted by Crippen LogP contribution is 2.24. The summed E-state index contributed by atoms with van der Waals surface area (Å²) in [6, 6.07) is 13.2. The van der Waals surface area contributed by atoms with Crippen molar-refractivity contribution < 1.29 is 4.79 Å². The quantitative estimate of drug-likeness (QED) is 0.746. The predicted octanol–water partition coefficient (Wildman–Crippen LogP) is 2.85. The summed E-state index contributed by atoms with van der Waals surface area (Å²) < 4.78 is 0. The molecule has 1 amide bonds. The van der Waals surface area contributed by atoms with Crippen LogP contribution in [0.1, 0.15) is 34.5 Å². The van der Waals surface area contributed by atoms with Crippen molar-refractivity contribution in [1.29, 1.82) is 0 Å². The molecule has 0 aromatic heterocycles. The average molecular weight is 269 g/mol. The number of aryl methyl sites for hydroxylation is 1. The van der Waals surface area contributed by atoms with Crippen LogP contribution in [0.3, 0.4) is 0 Å². The van der Waals surface area contributed by atoms with Gasteiger partial charge in [-0.2, -0.15) is 0 Å². The molecule has 0 aliphatic heterocycles. The highest BCUT2D eigenvalue weighted by Gasteiger charge is 2.11. The monoisotopic (exact) mass is 269 g/mol. The van der Waals surface area contributed by atoms with Gasteiger partial charge >= 0.3 is 0 Å². The first kappa shape index (κ1) is 13.9. The molecule has 1 unspecified atom stereocenters. The predicted molar refractivity (Wildman–Crippen MR) is 82.6 cm³/mol. The van der Waals surface area contributed by atoms with Gasteiger partial charge in [0.2, 0.25) is 0 Å². The fourth-order valence-electron chi connectivity index (χ4n) is 2.09. The topological polar surface area (TPSA) is 81.1 Å². The standard InChI is InChI=1S/C16H19N3O/c1-10-3-8-14(16(18)20)15(9-10)19-11(2)12-4-6-13(17)7-5-12/h3-9,11,19H,17H2,1-2H3,(H2,18,20). The number of primary amides is 1. The molecule has 1 atom stereocenters. The Bertz CT molecular complexity index is 620. The van der Waals surface area contributed by atoms with Gasteiger partial charge in [0.25, 0.3) is 5.91 Å². The van der Waals surface area contributed by atoms with Crippen LogP contribution in [0.25, 0.3) is 0 Å². The Kier molecular flexibility index (Phi) is 3.94. The molecule has 104 valence electrons. The van der Waals surface area contributed by atoms with Gasteiger partial charge in [-0.3, -0.25) is 4.79 Å². The first-order valence-electron chi connectivity index (χ1n) is 6.50. The van der Waals surface area contributed by atoms with Crippen LogP contribution in [0, 0.1) is 6.92 Å². The molecule has 0 saturated carbocycles. The first-order chi connectivity index (χ1) is 9.47. The number of nitrogens with two attached hydrogens (primary N) is 2. The van der Waals surface area contributed by atoms with Crippen LogP contribution in [-0.2, 0) is 0 Å². The molecule has 0 aliphatic carbocycles. The summed E-state index contributed by atoms with van der Waals surface area (Å²) in [6.45, 7) is 4.00. The number of carbonyl (C=O) groups excluding carboxylic acids is 1. The lowest BCUT2D eigenvalue weighted by Crippen LogP contribution is -2.16. The van der Waals surface area contributed by atoms with E-state index < -0.39 is 5.91 Å². The van der Waals surface area contributed by atoms with Crippen molar-refractivity contribution in [3.05, 3.63) is 59.2 Å². The van der Waals surface area contributed by atoms with E-state index >= 15 is 0 Å². The number of nitrogen functional groups attached to an aromatic ring is 1. The second-order valence-electron chi connectivity index (χ2n) is 4.95. The van der Waals surface area contributed by atoms with Crippen LogP contribution in [0.2, 0.25) is 0 Å². The minimum absolute atomic E-state index is 0.0514. The van der Waals surface area contributed by atoms with E-state index in [-0.39, 0.29) is 6.04 Å². The SMILES string of the molecule is Cc1ccc(C(N)=O)c(NC(C)c2ccc(N)cc2)c1. The van der Waals surface area contributed by atoms with Gasteiger partial charge in [0.15, 0.2) is 0 Å². The first-order valence-corrected chi connectivity index (χ1v) is 6.50. The summed E-state index contributed by atoms with van der Waals surface area (Å²) in [5, 5.41) is 3.33. The number of hydrogen-bond acceptors (Lipinski definition) is 3. The van der Waals surface area contributed by atoms with Gasteiger partial charge in [-0.15, -0.1) is 0 Å². The lowest BCUT2D eigenvalue weighted by Gasteiger charge is -2.18. The number of carbonyl (C=O) groups is 1. The molecular weight excluding hydrogens is 250 g/mol. The fraction of sp³-hybridized carbons (Fsp3) is 0.188. The summed E-state index contributed by atoms with van der Waals surface area (Å²) in [5.41, 5.74) is 15.2. The maximum absolute atomic E-state index is 11.5. The second-order valence-corrected chi connectivity index (χ2v) is 4.95. The molecule has 20 heavy (non-hydrogen) atoms. The van der Waals surface area contributed by atoms with E-state index in [1.54, 1.807) is 6.07 Å². The third-order valence-corrected chi connectivity index (χ3v) is 3.25. The maximum Gasteiger partial charge on any atom is 0.250 e. The molecule has 0 saturated heterocycles. The van der Waals surface area contributed by atoms with Crippen molar-refractivity contribution in [3.8, 4) is 0 Å². The zero-order valence-corrected chi connectivity index (χ0v) is 11.7. The molecule has 0 aliphatic rings. The summed E-state index contributed by atoms with van der Waals surface area (Å²) in [4.78, 5) is 11.5. The molecule has 5 N–H and O–H groups in total. The Morgan fingerprint density at radius 2 is 1.80 bits per heavy atom. The van der Waals surface area contributed by atoms with Gasteiger partial charge < -0.3 is 16.8 Å². The van der Waals surface area contributed by atoms with Crippen LogP contribution in [-0.4, -0.2) is 5.91 Å². The fourth-order valence-corrected chi connectivity index (χ4v) is 2.09. The van der Waals surface area contributed by atoms with Gasteiger partial charge in [0.1, 0.15) is 0 Å². The number of benzene rings is 2. The molecule has 0 spiro atoms. The van der Waals surface area contributed by atoms with E-state index in [2.05, 4.69) is 5.32 Å². The van der Waals surface area contributed by atoms with Crippen LogP contribution >= 0.6 is 0 Å². The molecule has 4 nitrogen and oxygen atoms in total. The van der Waals surface area contributed by atoms with Crippen LogP contribution < -0.4 is 16.8 Å². The molecular formula is C16H19N3O. The van der Waals surface area contributed by atoms with Crippen molar-refractivity contribution in [2.75, 3.05) is 11.1 Å². The largest absolute Gasteiger partial charge is 0.399 e. The van der Waals surface area contributed by atoms with E-state index in [1.165, 1.54) is 0 Å². The summed E-state index contributed by atoms with van der Waals surface area (Å²) in [5.74, 6) is -0.433. The third-order valence-electron chi connectivity index (χ3n) is 3.25. The molecule has 0 fully saturated rings. The van der Waals surface area contributed by atoms with Gasteiger partial charge in [0, 0.05) is 17.4 Å². The molecule has 0 radical (unpaired) electrons. The molecule has 2 aromatic rings. The Hall–Kier alpha value is -2.49. The summed E-state index contributed by atoms with van der Waals surface area (Å²) >= 11 is 0. The zero-order valence-electron chi connectivity index (χ0n) is 11.7. The smallest absolute Gasteiger partial charge is 0.250 e. The van der Waals surface area contributed by atoms with Crippen molar-refractivity contribution >= 4 is 17.3 Å². The second kappa shape index (κ2) is 5.65. The molecule has 2 aromatic carbocycles. The Morgan fingerprint density at radius 1 is 1.15 bits per heavy atom. The van der Waals surface area contributed by atoms with E-state index in [4.69, 9.17) is 11.5 Å². The molecule has 0 bridgehead atoms. The zero-order chi connectivity index (χ0) is 14.7. The number of amides is 1. The van der Waals surface area contributed by atoms with Gasteiger partial charge in [0.05, 0.1) is 5.56 Å². The van der Waals surface area contributed by atoms with Gasteiger partial charge in [-0.25, -0.2) is 0 Å². The number of rotatable bonds is 4. The highest BCUT2D eigenvalue weighted by atomic mass is 16.1. The average Bonchev–Trinajstić information content (AvgIpc) is 2.39. The molecule has 0 heterocycles. The van der Waals surface area contributed by atoms with Crippen LogP contribution in [0.4, 0.5) is 11.4 Å². The molecule has 2 rings (SSSR count). The lowest BCUT2D eigenvalue weighted by atomic mass is 10.0. The van der Waals surface area contributed by atoms with Gasteiger partial charge in [-0.1, -0.05) is 18.2 Å². The van der Waals surface area contributed by atoms with Gasteiger partial charge in [-0.05, 0) is 49.2 Å². The van der Waals surface area contributed by atoms with E-state index in [1.807, 2.05) is 50.2 Å². The van der Waals surface area contributed by atoms with Crippen LogP contribution in [0.5, 0.6) is 0 Å². The summed E-state index contributed by atoms with van der Waals surface area (Å²) in [6.07, 6.45) is 0. The van der Waals surface area contributed by atoms with Crippen LogP contribution in [0.15, 0.2) is 42.5 Å². The number of anilines is 2. The lowest BCUT2D eigenvalue weighted by molar-refractivity contribution is 0.100. The van der Waals surface area contributed by atoms with E-state index in [0.29, 0.717) is 5.56 Å². The maximum atomic E-state index is 11.5. The number of nitrogens with one attached hydrogen (secondary N) is 1. The van der Waals surface area contributed by atoms with Crippen molar-refractivity contribution in [1.82, 2.24) is 0 Å². The Balaban J connectivity index is 2.27.